The maximum absolute atomic E-state index is 12.0. The number of nitrogens with two attached hydrogens (primary N) is 1. The molecule has 92 valence electrons. The highest BCUT2D eigenvalue weighted by atomic mass is 16.5. The lowest BCUT2D eigenvalue weighted by atomic mass is 9.94. The summed E-state index contributed by atoms with van der Waals surface area (Å²) in [6.07, 6.45) is 0.880. The largest absolute Gasteiger partial charge is 0.463 e. The maximum atomic E-state index is 12.0. The Bertz CT molecular complexity index is 375. The summed E-state index contributed by atoms with van der Waals surface area (Å²) < 4.78 is 5.33. The number of ether oxygens (including phenoxy) is 1. The lowest BCUT2D eigenvalue weighted by Crippen LogP contribution is -2.82. The van der Waals surface area contributed by atoms with E-state index in [1.165, 1.54) is 5.56 Å². The first-order valence-corrected chi connectivity index (χ1v) is 6.27. The number of benzene rings is 1. The first-order valence-electron chi connectivity index (χ1n) is 6.27. The Morgan fingerprint density at radius 1 is 1.35 bits per heavy atom. The van der Waals surface area contributed by atoms with Crippen molar-refractivity contribution < 1.29 is 14.8 Å². The molecule has 17 heavy (non-hydrogen) atoms. The summed E-state index contributed by atoms with van der Waals surface area (Å²) >= 11 is 0. The Hall–Kier alpha value is -1.35. The molecule has 0 bridgehead atoms. The van der Waals surface area contributed by atoms with Gasteiger partial charge in [0.25, 0.3) is 0 Å². The van der Waals surface area contributed by atoms with Gasteiger partial charge in [0.1, 0.15) is 12.0 Å². The van der Waals surface area contributed by atoms with Gasteiger partial charge >= 0.3 is 5.97 Å². The Morgan fingerprint density at radius 3 is 2.71 bits per heavy atom. The molecule has 0 saturated carbocycles. The molecule has 0 unspecified atom stereocenters. The van der Waals surface area contributed by atoms with E-state index >= 15 is 0 Å². The van der Waals surface area contributed by atoms with Gasteiger partial charge in [-0.25, -0.2) is 0 Å². The van der Waals surface area contributed by atoms with Crippen LogP contribution in [0.3, 0.4) is 0 Å². The number of esters is 1. The van der Waals surface area contributed by atoms with Gasteiger partial charge in [0.15, 0.2) is 0 Å². The van der Waals surface area contributed by atoms with Crippen molar-refractivity contribution in [3.63, 3.8) is 0 Å². The van der Waals surface area contributed by atoms with E-state index in [0.29, 0.717) is 0 Å². The molecule has 0 aromatic heterocycles. The van der Waals surface area contributed by atoms with Gasteiger partial charge in [-0.05, 0) is 13.8 Å². The van der Waals surface area contributed by atoms with Crippen molar-refractivity contribution in [2.75, 3.05) is 6.54 Å². The third-order valence-corrected chi connectivity index (χ3v) is 3.17. The van der Waals surface area contributed by atoms with Crippen molar-refractivity contribution in [3.05, 3.63) is 35.9 Å². The fraction of sp³-hybridized carbons (Fsp3) is 0.500. The Kier molecular flexibility index (Phi) is 3.79. The molecule has 1 aliphatic rings. The van der Waals surface area contributed by atoms with E-state index in [4.69, 9.17) is 4.74 Å². The molecule has 2 rings (SSSR count). The van der Waals surface area contributed by atoms with Crippen molar-refractivity contribution >= 4 is 5.97 Å². The van der Waals surface area contributed by atoms with E-state index in [1.807, 2.05) is 32.0 Å². The fourth-order valence-corrected chi connectivity index (χ4v) is 2.43. The van der Waals surface area contributed by atoms with Gasteiger partial charge in [0.05, 0.1) is 12.6 Å². The quantitative estimate of drug-likeness (QED) is 0.800. The maximum Gasteiger partial charge on any atom is 0.315 e. The highest BCUT2D eigenvalue weighted by Crippen LogP contribution is 2.25. The molecule has 1 aliphatic heterocycles. The molecule has 1 fully saturated rings. The summed E-state index contributed by atoms with van der Waals surface area (Å²) in [4.78, 5) is 12.0. The Labute approximate surface area is 102 Å². The first kappa shape index (κ1) is 12.1. The van der Waals surface area contributed by atoms with Crippen LogP contribution in [0.15, 0.2) is 30.3 Å². The van der Waals surface area contributed by atoms with Crippen molar-refractivity contribution in [1.29, 1.82) is 0 Å². The molecule has 3 heteroatoms. The van der Waals surface area contributed by atoms with Crippen molar-refractivity contribution in [2.24, 2.45) is 5.92 Å². The molecular weight excluding hydrogens is 214 g/mol. The summed E-state index contributed by atoms with van der Waals surface area (Å²) in [6.45, 7) is 4.79. The molecule has 0 aliphatic carbocycles. The van der Waals surface area contributed by atoms with Crippen molar-refractivity contribution in [3.8, 4) is 0 Å². The van der Waals surface area contributed by atoms with E-state index in [-0.39, 0.29) is 24.0 Å². The zero-order valence-corrected chi connectivity index (χ0v) is 10.4. The van der Waals surface area contributed by atoms with Gasteiger partial charge in [-0.3, -0.25) is 4.79 Å². The molecule has 1 heterocycles. The average molecular weight is 234 g/mol. The van der Waals surface area contributed by atoms with E-state index in [1.54, 1.807) is 0 Å². The molecule has 2 atom stereocenters. The molecular formula is C14H20NO2+. The van der Waals surface area contributed by atoms with Crippen molar-refractivity contribution in [2.45, 2.75) is 32.4 Å². The normalized spacial score (nSPS) is 23.9. The Morgan fingerprint density at radius 2 is 2.06 bits per heavy atom. The summed E-state index contributed by atoms with van der Waals surface area (Å²) in [6, 6.07) is 10.4. The van der Waals surface area contributed by atoms with Crippen LogP contribution in [0.25, 0.3) is 0 Å². The van der Waals surface area contributed by atoms with E-state index in [2.05, 4.69) is 17.4 Å². The van der Waals surface area contributed by atoms with Crippen LogP contribution in [0.5, 0.6) is 0 Å². The SMILES string of the molecule is CC(C)OC(=O)[C@H]1CC[NH2+][C@@H]1c1ccccc1. The van der Waals surface area contributed by atoms with Gasteiger partial charge in [-0.1, -0.05) is 30.3 Å². The Balaban J connectivity index is 2.10. The van der Waals surface area contributed by atoms with E-state index < -0.39 is 0 Å². The minimum absolute atomic E-state index is 0.000185. The van der Waals surface area contributed by atoms with Crippen LogP contribution in [-0.2, 0) is 9.53 Å². The predicted molar refractivity (Wildman–Crippen MR) is 65.3 cm³/mol. The number of rotatable bonds is 3. The number of carbonyl (C=O) groups excluding carboxylic acids is 1. The second-order valence-electron chi connectivity index (χ2n) is 4.84. The van der Waals surface area contributed by atoms with E-state index in [0.717, 1.165) is 13.0 Å². The smallest absolute Gasteiger partial charge is 0.315 e. The minimum Gasteiger partial charge on any atom is -0.463 e. The molecule has 0 amide bonds. The summed E-state index contributed by atoms with van der Waals surface area (Å²) in [5.74, 6) is -0.0533. The highest BCUT2D eigenvalue weighted by Gasteiger charge is 2.38. The lowest BCUT2D eigenvalue weighted by Gasteiger charge is -2.17. The predicted octanol–water partition coefficient (Wildman–Crippen LogP) is 1.26. The van der Waals surface area contributed by atoms with Crippen LogP contribution < -0.4 is 5.32 Å². The molecule has 1 aromatic rings. The second-order valence-corrected chi connectivity index (χ2v) is 4.84. The summed E-state index contributed by atoms with van der Waals surface area (Å²) in [5, 5.41) is 2.24. The van der Waals surface area contributed by atoms with Crippen LogP contribution in [0.4, 0.5) is 0 Å². The average Bonchev–Trinajstić information content (AvgIpc) is 2.78. The van der Waals surface area contributed by atoms with Crippen molar-refractivity contribution in [1.82, 2.24) is 0 Å². The van der Waals surface area contributed by atoms with Crippen LogP contribution in [0, 0.1) is 5.92 Å². The molecule has 1 saturated heterocycles. The molecule has 2 N–H and O–H groups in total. The number of carbonyl (C=O) groups is 1. The topological polar surface area (TPSA) is 42.9 Å². The highest BCUT2D eigenvalue weighted by molar-refractivity contribution is 5.73. The second kappa shape index (κ2) is 5.32. The van der Waals surface area contributed by atoms with Crippen LogP contribution in [0.2, 0.25) is 0 Å². The van der Waals surface area contributed by atoms with E-state index in [9.17, 15) is 4.79 Å². The first-order chi connectivity index (χ1) is 8.18. The minimum atomic E-state index is -0.0531. The molecule has 3 nitrogen and oxygen atoms in total. The number of quaternary nitrogens is 1. The zero-order valence-electron chi connectivity index (χ0n) is 10.4. The molecule has 0 radical (unpaired) electrons. The summed E-state index contributed by atoms with van der Waals surface area (Å²) in [7, 11) is 0. The van der Waals surface area contributed by atoms with Gasteiger partial charge < -0.3 is 10.1 Å². The summed E-state index contributed by atoms with van der Waals surface area (Å²) in [5.41, 5.74) is 1.22. The van der Waals surface area contributed by atoms with Crippen LogP contribution in [0.1, 0.15) is 31.9 Å². The third kappa shape index (κ3) is 2.86. The lowest BCUT2D eigenvalue weighted by molar-refractivity contribution is -0.678. The molecule has 0 spiro atoms. The monoisotopic (exact) mass is 234 g/mol. The number of hydrogen-bond donors (Lipinski definition) is 1. The van der Waals surface area contributed by atoms with Crippen LogP contribution >= 0.6 is 0 Å². The third-order valence-electron chi connectivity index (χ3n) is 3.17. The standard InChI is InChI=1S/C14H19NO2/c1-10(2)17-14(16)12-8-9-15-13(12)11-6-4-3-5-7-11/h3-7,10,12-13,15H,8-9H2,1-2H3/p+1/t12-,13+/m0/s1. The van der Waals surface area contributed by atoms with Gasteiger partial charge in [0, 0.05) is 12.0 Å². The van der Waals surface area contributed by atoms with Gasteiger partial charge in [0.2, 0.25) is 0 Å². The van der Waals surface area contributed by atoms with Gasteiger partial charge in [-0.2, -0.15) is 0 Å². The zero-order chi connectivity index (χ0) is 12.3. The molecule has 1 aromatic carbocycles. The fourth-order valence-electron chi connectivity index (χ4n) is 2.43. The number of hydrogen-bond acceptors (Lipinski definition) is 2. The van der Waals surface area contributed by atoms with Crippen LogP contribution in [-0.4, -0.2) is 18.6 Å². The van der Waals surface area contributed by atoms with Gasteiger partial charge in [-0.15, -0.1) is 0 Å².